The lowest BCUT2D eigenvalue weighted by molar-refractivity contribution is -0.161. The lowest BCUT2D eigenvalue weighted by Crippen LogP contribution is -2.30. The van der Waals surface area contributed by atoms with Crippen molar-refractivity contribution in [3.8, 4) is 0 Å². The highest BCUT2D eigenvalue weighted by Crippen LogP contribution is 2.45. The highest BCUT2D eigenvalue weighted by atomic mass is 31.2. The summed E-state index contributed by atoms with van der Waals surface area (Å²) in [6.45, 7) is 4.25. The van der Waals surface area contributed by atoms with Crippen molar-refractivity contribution in [3.63, 3.8) is 0 Å². The maximum Gasteiger partial charge on any atom is 0.472 e. The van der Waals surface area contributed by atoms with Crippen LogP contribution >= 0.6 is 15.6 Å². The molecule has 0 bridgehead atoms. The lowest BCUT2D eigenvalue weighted by atomic mass is 10.1. The third-order valence-electron chi connectivity index (χ3n) is 16.4. The van der Waals surface area contributed by atoms with Crippen LogP contribution in [0.3, 0.4) is 0 Å². The second-order valence-corrected chi connectivity index (χ2v) is 29.8. The van der Waals surface area contributed by atoms with Crippen LogP contribution in [0.25, 0.3) is 0 Å². The largest absolute Gasteiger partial charge is 0.472 e. The van der Waals surface area contributed by atoms with Gasteiger partial charge in [0.15, 0.2) is 12.2 Å². The Labute approximate surface area is 677 Å². The van der Waals surface area contributed by atoms with E-state index in [1.807, 2.05) is 12.2 Å². The highest BCUT2D eigenvalue weighted by Gasteiger charge is 2.30. The van der Waals surface area contributed by atoms with Crippen LogP contribution in [-0.4, -0.2) is 96.7 Å². The van der Waals surface area contributed by atoms with E-state index in [0.29, 0.717) is 32.1 Å². The van der Waals surface area contributed by atoms with Gasteiger partial charge in [-0.3, -0.25) is 37.3 Å². The van der Waals surface area contributed by atoms with Gasteiger partial charge in [-0.05, 0) is 186 Å². The van der Waals surface area contributed by atoms with E-state index in [-0.39, 0.29) is 25.7 Å². The summed E-state index contributed by atoms with van der Waals surface area (Å²) in [7, 11) is -10.0. The van der Waals surface area contributed by atoms with E-state index in [2.05, 4.69) is 234 Å². The van der Waals surface area contributed by atoms with Crippen molar-refractivity contribution < 1.29 is 80.2 Å². The van der Waals surface area contributed by atoms with E-state index in [1.54, 1.807) is 0 Å². The number of allylic oxidation sites excluding steroid dienone is 36. The van der Waals surface area contributed by atoms with Crippen LogP contribution in [0.5, 0.6) is 0 Å². The molecule has 0 aromatic rings. The van der Waals surface area contributed by atoms with Crippen molar-refractivity contribution in [2.45, 2.75) is 303 Å². The molecule has 0 aliphatic heterocycles. The summed E-state index contributed by atoms with van der Waals surface area (Å²) in [6, 6.07) is 0. The molecule has 0 aromatic carbocycles. The van der Waals surface area contributed by atoms with Gasteiger partial charge in [0.2, 0.25) is 0 Å². The van der Waals surface area contributed by atoms with Gasteiger partial charge in [0.25, 0.3) is 0 Å². The smallest absolute Gasteiger partial charge is 0.462 e. The van der Waals surface area contributed by atoms with Crippen molar-refractivity contribution >= 4 is 39.5 Å². The molecule has 0 aliphatic rings. The predicted molar refractivity (Wildman–Crippen MR) is 463 cm³/mol. The van der Waals surface area contributed by atoms with Crippen molar-refractivity contribution in [1.82, 2.24) is 0 Å². The Morgan fingerprint density at radius 1 is 0.250 bits per heavy atom. The maximum atomic E-state index is 13.1. The molecule has 0 aliphatic carbocycles. The Morgan fingerprint density at radius 3 is 0.714 bits per heavy atom. The third kappa shape index (κ3) is 81.4. The van der Waals surface area contributed by atoms with Crippen molar-refractivity contribution in [1.29, 1.82) is 0 Å². The first-order valence-corrected chi connectivity index (χ1v) is 45.0. The topological polar surface area (TPSA) is 237 Å². The molecule has 112 heavy (non-hydrogen) atoms. The van der Waals surface area contributed by atoms with Gasteiger partial charge in [0.1, 0.15) is 19.3 Å². The number of aliphatic hydroxyl groups excluding tert-OH is 1. The molecule has 0 saturated heterocycles. The van der Waals surface area contributed by atoms with E-state index in [4.69, 9.17) is 37.0 Å². The van der Waals surface area contributed by atoms with E-state index < -0.39 is 97.5 Å². The maximum absolute atomic E-state index is 13.1. The summed E-state index contributed by atoms with van der Waals surface area (Å²) in [5.74, 6) is -2.35. The van der Waals surface area contributed by atoms with Gasteiger partial charge in [-0.2, -0.15) is 0 Å². The lowest BCUT2D eigenvalue weighted by Gasteiger charge is -2.21. The summed E-state index contributed by atoms with van der Waals surface area (Å²) in [4.78, 5) is 73.3. The molecule has 5 unspecified atom stereocenters. The molecule has 0 amide bonds. The average Bonchev–Trinajstić information content (AvgIpc) is 0.895. The molecule has 0 aromatic heterocycles. The summed E-state index contributed by atoms with van der Waals surface area (Å²) in [6.07, 6.45) is 105. The minimum atomic E-state index is -5.02. The average molecular weight is 1600 g/mol. The normalized spacial score (nSPS) is 14.9. The summed E-state index contributed by atoms with van der Waals surface area (Å²) < 4.78 is 68.7. The first-order chi connectivity index (χ1) is 54.7. The van der Waals surface area contributed by atoms with E-state index in [1.165, 1.54) is 0 Å². The van der Waals surface area contributed by atoms with Crippen LogP contribution in [0.1, 0.15) is 285 Å². The Kier molecular flexibility index (Phi) is 77.5. The van der Waals surface area contributed by atoms with Crippen molar-refractivity contribution in [3.05, 3.63) is 219 Å². The number of phosphoric acid groups is 2. The van der Waals surface area contributed by atoms with Crippen LogP contribution in [-0.2, 0) is 65.4 Å². The quantitative estimate of drug-likeness (QED) is 0.0169. The molecule has 0 saturated carbocycles. The molecular weight excluding hydrogens is 1450 g/mol. The van der Waals surface area contributed by atoms with E-state index in [0.717, 1.165) is 199 Å². The van der Waals surface area contributed by atoms with Crippen molar-refractivity contribution in [2.75, 3.05) is 39.6 Å². The molecule has 630 valence electrons. The molecule has 3 N–H and O–H groups in total. The number of ether oxygens (including phenoxy) is 4. The van der Waals surface area contributed by atoms with Gasteiger partial charge in [-0.25, -0.2) is 9.13 Å². The molecule has 0 heterocycles. The molecule has 19 heteroatoms. The standard InChI is InChI=1S/C93H146O17P2/c1-5-9-13-17-21-25-29-33-37-41-43-47-49-53-57-61-65-69-73-77-90(95)103-83-88(109-92(97)79-75-71-67-63-59-55-51-45-39-35-31-27-23-19-15-11-7-3)85-107-111(99,100)105-81-87(94)82-106-112(101,102)108-86-89(110-93(98)80-76-72-68-64-60-56-52-46-40-36-32-28-24-20-16-12-8-4)84-104-91(96)78-74-70-66-62-58-54-50-48-44-42-38-34-30-26-22-18-14-10-6-2/h9-16,21-28,33-40,43-44,47-48,51-53,55-57,64,68,87-89,94H,5-8,17-20,29-32,41-42,45-46,49-50,54,58-63,65-67,69-86H2,1-4H3,(H,99,100)(H,101,102)/b13-9-,14-10-,15-11-,16-12-,25-21-,26-22-,27-23-,28-24-,37-33-,38-34-,39-35-,40-36-,47-43-,48-44-,55-51-,56-52-,57-53-,68-64-. The number of hydrogen-bond acceptors (Lipinski definition) is 15. The van der Waals surface area contributed by atoms with Crippen LogP contribution in [0, 0.1) is 0 Å². The van der Waals surface area contributed by atoms with Crippen LogP contribution in [0.15, 0.2) is 219 Å². The Hall–Kier alpha value is -6.62. The van der Waals surface area contributed by atoms with Gasteiger partial charge in [-0.1, -0.05) is 291 Å². The fraction of sp³-hybridized carbons (Fsp3) is 0.570. The molecule has 0 spiro atoms. The second-order valence-electron chi connectivity index (χ2n) is 26.9. The van der Waals surface area contributed by atoms with Gasteiger partial charge >= 0.3 is 39.5 Å². The number of esters is 4. The van der Waals surface area contributed by atoms with E-state index in [9.17, 15) is 43.2 Å². The third-order valence-corrected chi connectivity index (χ3v) is 18.3. The number of aliphatic hydroxyl groups is 1. The van der Waals surface area contributed by atoms with Gasteiger partial charge in [0, 0.05) is 25.7 Å². The minimum absolute atomic E-state index is 0.00263. The first kappa shape index (κ1) is 105. The number of phosphoric ester groups is 2. The molecule has 17 nitrogen and oxygen atoms in total. The van der Waals surface area contributed by atoms with Gasteiger partial charge in [0.05, 0.1) is 26.4 Å². The number of carbonyl (C=O) groups excluding carboxylic acids is 4. The second kappa shape index (κ2) is 82.4. The molecule has 0 rings (SSSR count). The molecular formula is C93H146O17P2. The predicted octanol–water partition coefficient (Wildman–Crippen LogP) is 25.2. The Bertz CT molecular complexity index is 2990. The molecule has 5 atom stereocenters. The summed E-state index contributed by atoms with van der Waals surface area (Å²) in [5.41, 5.74) is 0. The minimum Gasteiger partial charge on any atom is -0.462 e. The monoisotopic (exact) mass is 1600 g/mol. The van der Waals surface area contributed by atoms with Crippen LogP contribution in [0.4, 0.5) is 0 Å². The Morgan fingerprint density at radius 2 is 0.446 bits per heavy atom. The molecule has 0 radical (unpaired) electrons. The zero-order chi connectivity index (χ0) is 81.7. The summed E-state index contributed by atoms with van der Waals surface area (Å²) in [5, 5.41) is 10.7. The fourth-order valence-electron chi connectivity index (χ4n) is 10.2. The number of hydrogen-bond donors (Lipinski definition) is 3. The Balaban J connectivity index is 5.53. The summed E-state index contributed by atoms with van der Waals surface area (Å²) >= 11 is 0. The number of unbranched alkanes of at least 4 members (excludes halogenated alkanes) is 14. The van der Waals surface area contributed by atoms with Gasteiger partial charge in [-0.15, -0.1) is 0 Å². The SMILES string of the molecule is CC/C=C\C/C=C\C/C=C\C/C=C\C/C=C\CCCCCC(=O)OCC(COP(=O)(O)OCC(O)COP(=O)(O)OCC(COC(=O)CCCCCCCC/C=C\C/C=C\C/C=C\C/C=C\CC)OC(=O)CCC/C=C\C/C=C\C/C=C\C/C=C\C/C=C\CC)OC(=O)CCCCCC/C=C\C/C=C\C/C=C\C/C=C\CC. The fourth-order valence-corrected chi connectivity index (χ4v) is 11.8. The van der Waals surface area contributed by atoms with E-state index >= 15 is 0 Å². The zero-order valence-electron chi connectivity index (χ0n) is 69.0. The van der Waals surface area contributed by atoms with Gasteiger partial charge < -0.3 is 33.8 Å². The zero-order valence-corrected chi connectivity index (χ0v) is 70.8. The molecule has 0 fully saturated rings. The number of rotatable bonds is 76. The first-order valence-electron chi connectivity index (χ1n) is 42.0. The number of carbonyl (C=O) groups is 4. The van der Waals surface area contributed by atoms with Crippen LogP contribution < -0.4 is 0 Å². The highest BCUT2D eigenvalue weighted by molar-refractivity contribution is 7.47. The van der Waals surface area contributed by atoms with Crippen molar-refractivity contribution in [2.24, 2.45) is 0 Å². The van der Waals surface area contributed by atoms with Crippen LogP contribution in [0.2, 0.25) is 0 Å².